The number of amides is 2. The number of nitrogens with one attached hydrogen (secondary N) is 3. The Morgan fingerprint density at radius 1 is 0.838 bits per heavy atom. The second kappa shape index (κ2) is 25.3. The van der Waals surface area contributed by atoms with E-state index in [0.29, 0.717) is 39.8 Å². The summed E-state index contributed by atoms with van der Waals surface area (Å²) in [6.07, 6.45) is 4.19. The first-order chi connectivity index (χ1) is 35.1. The summed E-state index contributed by atoms with van der Waals surface area (Å²) in [5.41, 5.74) is 0.265. The smallest absolute Gasteiger partial charge is 0.342 e. The van der Waals surface area contributed by atoms with Crippen molar-refractivity contribution in [2.75, 3.05) is 25.3 Å². The van der Waals surface area contributed by atoms with Crippen LogP contribution < -0.4 is 10.6 Å². The van der Waals surface area contributed by atoms with E-state index >= 15 is 9.59 Å². The fourth-order valence-electron chi connectivity index (χ4n) is 10.5. The number of aliphatic hydroxyl groups is 1. The largest absolute Gasteiger partial charge is 0.464 e. The predicted molar refractivity (Wildman–Crippen MR) is 285 cm³/mol. The zero-order valence-electron chi connectivity index (χ0n) is 44.2. The van der Waals surface area contributed by atoms with Gasteiger partial charge < -0.3 is 44.4 Å². The third kappa shape index (κ3) is 13.9. The van der Waals surface area contributed by atoms with E-state index in [4.69, 9.17) is 28.7 Å². The number of hydrogen-bond acceptors (Lipinski definition) is 14. The topological polar surface area (TPSA) is 221 Å². The number of aromatic amines is 1. The molecule has 17 heteroatoms. The van der Waals surface area contributed by atoms with Gasteiger partial charge in [0, 0.05) is 16.7 Å². The summed E-state index contributed by atoms with van der Waals surface area (Å²) in [5.74, 6) is -2.31. The summed E-state index contributed by atoms with van der Waals surface area (Å²) < 4.78 is 28.6. The van der Waals surface area contributed by atoms with Crippen LogP contribution in [0.2, 0.25) is 0 Å². The Labute approximate surface area is 438 Å². The lowest BCUT2D eigenvalue weighted by Crippen LogP contribution is -2.45. The lowest BCUT2D eigenvalue weighted by molar-refractivity contribution is -0.152. The SMILES string of the molecule is C=C(C)C(=O)OCC(C)(C)C(=O)NC1=NC(=Cc2[nH]c(NC(=O)C(C)SC(COC=O)OCO)c(C(=O)OC3C(C)CC(C)CC3C)c2-c2ccccc2)C(c2ccccc2)=C1C(=O)OC1C(C)CC(C)CC1C. The molecule has 3 aliphatic rings. The number of aliphatic imine (C=N–C) groups is 1. The Morgan fingerprint density at radius 3 is 1.91 bits per heavy atom. The van der Waals surface area contributed by atoms with Gasteiger partial charge in [-0.05, 0) is 106 Å². The first-order valence-corrected chi connectivity index (χ1v) is 26.3. The van der Waals surface area contributed by atoms with Crippen molar-refractivity contribution in [1.82, 2.24) is 10.3 Å². The van der Waals surface area contributed by atoms with Gasteiger partial charge in [0.15, 0.2) is 0 Å². The molecule has 6 rings (SSSR count). The Kier molecular flexibility index (Phi) is 19.5. The number of rotatable bonds is 20. The molecule has 2 saturated carbocycles. The number of aliphatic hydroxyl groups excluding tert-OH is 1. The average Bonchev–Trinajstić information content (AvgIpc) is 3.89. The molecule has 6 unspecified atom stereocenters. The van der Waals surface area contributed by atoms with Crippen LogP contribution in [0.4, 0.5) is 5.82 Å². The van der Waals surface area contributed by atoms with Crippen molar-refractivity contribution >= 4 is 71.3 Å². The molecule has 0 saturated heterocycles. The molecule has 6 atom stereocenters. The monoisotopic (exact) mass is 1040 g/mol. The van der Waals surface area contributed by atoms with E-state index in [-0.39, 0.29) is 77.4 Å². The summed E-state index contributed by atoms with van der Waals surface area (Å²) >= 11 is 0.988. The van der Waals surface area contributed by atoms with Gasteiger partial charge in [-0.3, -0.25) is 14.4 Å². The Hall–Kier alpha value is -6.30. The molecule has 16 nitrogen and oxygen atoms in total. The van der Waals surface area contributed by atoms with Gasteiger partial charge in [-0.2, -0.15) is 0 Å². The summed E-state index contributed by atoms with van der Waals surface area (Å²) in [6, 6.07) is 18.2. The van der Waals surface area contributed by atoms with E-state index in [1.54, 1.807) is 26.8 Å². The fraction of sp³-hybridized carbons (Fsp3) is 0.491. The van der Waals surface area contributed by atoms with E-state index in [1.165, 1.54) is 6.92 Å². The molecule has 0 radical (unpaired) electrons. The summed E-state index contributed by atoms with van der Waals surface area (Å²) in [6.45, 7) is 21.6. The Morgan fingerprint density at radius 2 is 1.38 bits per heavy atom. The number of hydrogen-bond donors (Lipinski definition) is 4. The van der Waals surface area contributed by atoms with Gasteiger partial charge in [0.05, 0.1) is 22.1 Å². The first kappa shape index (κ1) is 57.0. The van der Waals surface area contributed by atoms with Gasteiger partial charge in [-0.1, -0.05) is 109 Å². The van der Waals surface area contributed by atoms with Gasteiger partial charge in [-0.15, -0.1) is 11.8 Å². The van der Waals surface area contributed by atoms with E-state index in [9.17, 15) is 24.3 Å². The molecule has 0 spiro atoms. The summed E-state index contributed by atoms with van der Waals surface area (Å²) in [5, 5.41) is 14.5. The normalized spacial score (nSPS) is 24.3. The molecule has 4 N–H and O–H groups in total. The maximum Gasteiger partial charge on any atom is 0.342 e. The van der Waals surface area contributed by atoms with Gasteiger partial charge in [0.25, 0.3) is 6.47 Å². The zero-order chi connectivity index (χ0) is 54.0. The van der Waals surface area contributed by atoms with Crippen molar-refractivity contribution in [1.29, 1.82) is 0 Å². The summed E-state index contributed by atoms with van der Waals surface area (Å²) in [4.78, 5) is 90.6. The molecule has 74 heavy (non-hydrogen) atoms. The minimum Gasteiger partial charge on any atom is -0.464 e. The first-order valence-electron chi connectivity index (χ1n) is 25.4. The predicted octanol–water partition coefficient (Wildman–Crippen LogP) is 9.52. The molecule has 3 aromatic rings. The number of aromatic nitrogens is 1. The van der Waals surface area contributed by atoms with Crippen LogP contribution in [0.5, 0.6) is 0 Å². The van der Waals surface area contributed by atoms with Gasteiger partial charge in [0.1, 0.15) is 60.4 Å². The maximum absolute atomic E-state index is 15.1. The molecule has 2 heterocycles. The highest BCUT2D eigenvalue weighted by atomic mass is 32.2. The van der Waals surface area contributed by atoms with Crippen LogP contribution in [0.1, 0.15) is 117 Å². The maximum atomic E-state index is 15.1. The van der Waals surface area contributed by atoms with Crippen molar-refractivity contribution < 1.29 is 57.6 Å². The van der Waals surface area contributed by atoms with Crippen LogP contribution in [-0.2, 0) is 47.7 Å². The van der Waals surface area contributed by atoms with E-state index in [1.807, 2.05) is 60.7 Å². The molecular formula is C57H72N4O12S. The molecule has 1 aliphatic heterocycles. The second-order valence-electron chi connectivity index (χ2n) is 21.1. The minimum absolute atomic E-state index is 0.00680. The lowest BCUT2D eigenvalue weighted by atomic mass is 9.75. The summed E-state index contributed by atoms with van der Waals surface area (Å²) in [7, 11) is 0. The zero-order valence-corrected chi connectivity index (χ0v) is 45.0. The molecular weight excluding hydrogens is 965 g/mol. The number of amidine groups is 1. The number of carbonyl (C=O) groups is 6. The Bertz CT molecular complexity index is 2620. The van der Waals surface area contributed by atoms with Gasteiger partial charge in [0.2, 0.25) is 11.8 Å². The Balaban J connectivity index is 1.57. The van der Waals surface area contributed by atoms with Crippen molar-refractivity contribution in [3.05, 3.63) is 101 Å². The van der Waals surface area contributed by atoms with Crippen molar-refractivity contribution in [2.24, 2.45) is 45.9 Å². The number of ether oxygens (including phenoxy) is 5. The fourth-order valence-corrected chi connectivity index (χ4v) is 11.4. The number of H-pyrrole nitrogens is 1. The number of anilines is 1. The molecule has 1 aromatic heterocycles. The third-order valence-electron chi connectivity index (χ3n) is 13.9. The third-order valence-corrected chi connectivity index (χ3v) is 15.1. The number of thioether (sulfide) groups is 1. The van der Waals surface area contributed by atoms with Gasteiger partial charge >= 0.3 is 17.9 Å². The van der Waals surface area contributed by atoms with Crippen molar-refractivity contribution in [3.63, 3.8) is 0 Å². The van der Waals surface area contributed by atoms with Crippen LogP contribution in [0.15, 0.2) is 89.1 Å². The number of allylic oxidation sites excluding steroid dienone is 1. The van der Waals surface area contributed by atoms with Crippen LogP contribution in [0.25, 0.3) is 22.8 Å². The average molecular weight is 1040 g/mol. The van der Waals surface area contributed by atoms with Gasteiger partial charge in [-0.25, -0.2) is 19.4 Å². The van der Waals surface area contributed by atoms with Crippen molar-refractivity contribution in [2.45, 2.75) is 118 Å². The van der Waals surface area contributed by atoms with Crippen LogP contribution >= 0.6 is 11.8 Å². The number of esters is 3. The second-order valence-corrected chi connectivity index (χ2v) is 22.6. The number of nitrogens with zero attached hydrogens (tertiary/aromatic N) is 1. The molecule has 2 amide bonds. The molecule has 2 aromatic carbocycles. The van der Waals surface area contributed by atoms with Crippen LogP contribution in [0.3, 0.4) is 0 Å². The highest BCUT2D eigenvalue weighted by Crippen LogP contribution is 2.43. The molecule has 0 bridgehead atoms. The number of benzene rings is 2. The molecule has 398 valence electrons. The van der Waals surface area contributed by atoms with Crippen LogP contribution in [0, 0.1) is 40.9 Å². The number of carbonyl (C=O) groups excluding carboxylic acids is 6. The molecule has 2 aliphatic carbocycles. The van der Waals surface area contributed by atoms with Crippen molar-refractivity contribution in [3.8, 4) is 11.1 Å². The quantitative estimate of drug-likeness (QED) is 0.0273. The van der Waals surface area contributed by atoms with E-state index in [2.05, 4.69) is 63.7 Å². The highest BCUT2D eigenvalue weighted by Gasteiger charge is 2.42. The lowest BCUT2D eigenvalue weighted by Gasteiger charge is -2.37. The van der Waals surface area contributed by atoms with E-state index < -0.39 is 64.8 Å². The van der Waals surface area contributed by atoms with Crippen LogP contribution in [-0.4, -0.2) is 95.0 Å². The minimum atomic E-state index is -1.32. The highest BCUT2D eigenvalue weighted by molar-refractivity contribution is 8.01. The van der Waals surface area contributed by atoms with E-state index in [0.717, 1.165) is 37.4 Å². The standard InChI is InChI=1S/C57H72N4O12S/c1-31(2)53(65)70-28-57(10,11)56(68)61-51-47(55(67)73-49-36(7)24-33(4)25-37(49)8)45(40-20-16-13-17-21-40)42(59-51)26-41-44(39-18-14-12-15-19-39)46(54(66)72-48-34(5)22-32(3)23-35(48)6)50(58-41)60-52(64)38(9)74-43(71-30-63)27-69-29-62/h12-21,26,29,32-38,43,48-49,58,63H,1,22-25,27-28,30H2,2-11H3,(H,60,64)(H,59,61,68). The molecule has 2 fully saturated rings.